The van der Waals surface area contributed by atoms with Gasteiger partial charge in [-0.2, -0.15) is 0 Å². The molecule has 4 nitrogen and oxygen atoms in total. The number of carbonyl (C=O) groups is 1. The van der Waals surface area contributed by atoms with Crippen molar-refractivity contribution in [2.75, 3.05) is 39.8 Å². The first-order chi connectivity index (χ1) is 8.65. The van der Waals surface area contributed by atoms with E-state index in [-0.39, 0.29) is 0 Å². The van der Waals surface area contributed by atoms with Crippen molar-refractivity contribution in [1.82, 2.24) is 9.80 Å². The summed E-state index contributed by atoms with van der Waals surface area (Å²) < 4.78 is 0. The van der Waals surface area contributed by atoms with Crippen LogP contribution in [0.15, 0.2) is 0 Å². The zero-order chi connectivity index (χ0) is 13.0. The van der Waals surface area contributed by atoms with E-state index in [0.29, 0.717) is 18.3 Å². The molecule has 0 aromatic carbocycles. The van der Waals surface area contributed by atoms with Gasteiger partial charge in [-0.1, -0.05) is 25.7 Å². The lowest BCUT2D eigenvalue weighted by Gasteiger charge is -2.35. The predicted octanol–water partition coefficient (Wildman–Crippen LogP) is 1.51. The van der Waals surface area contributed by atoms with Crippen LogP contribution in [0.5, 0.6) is 0 Å². The van der Waals surface area contributed by atoms with Crippen LogP contribution < -0.4 is 0 Å². The van der Waals surface area contributed by atoms with Gasteiger partial charge in [0.1, 0.15) is 0 Å². The highest BCUT2D eigenvalue weighted by atomic mass is 16.4. The van der Waals surface area contributed by atoms with Crippen LogP contribution in [0.4, 0.5) is 0 Å². The molecule has 0 bridgehead atoms. The highest BCUT2D eigenvalue weighted by Crippen LogP contribution is 2.33. The number of rotatable bonds is 5. The Morgan fingerprint density at radius 2 is 1.83 bits per heavy atom. The number of aliphatic carboxylic acids is 1. The van der Waals surface area contributed by atoms with Crippen LogP contribution in [-0.4, -0.2) is 60.6 Å². The monoisotopic (exact) mass is 254 g/mol. The first-order valence-electron chi connectivity index (χ1n) is 7.28. The molecule has 0 aromatic rings. The maximum Gasteiger partial charge on any atom is 0.303 e. The van der Waals surface area contributed by atoms with E-state index in [4.69, 9.17) is 5.11 Å². The largest absolute Gasteiger partial charge is 0.481 e. The maximum atomic E-state index is 11.0. The zero-order valence-corrected chi connectivity index (χ0v) is 11.5. The molecule has 1 atom stereocenters. The van der Waals surface area contributed by atoms with Crippen LogP contribution in [0, 0.1) is 11.8 Å². The van der Waals surface area contributed by atoms with E-state index in [9.17, 15) is 4.79 Å². The van der Waals surface area contributed by atoms with Crippen LogP contribution in [0.1, 0.15) is 32.1 Å². The van der Waals surface area contributed by atoms with Crippen molar-refractivity contribution >= 4 is 5.97 Å². The smallest absolute Gasteiger partial charge is 0.303 e. The van der Waals surface area contributed by atoms with E-state index >= 15 is 0 Å². The molecule has 0 aromatic heterocycles. The Kier molecular flexibility index (Phi) is 5.01. The van der Waals surface area contributed by atoms with Crippen molar-refractivity contribution in [3.8, 4) is 0 Å². The lowest BCUT2D eigenvalue weighted by molar-refractivity contribution is -0.138. The van der Waals surface area contributed by atoms with Crippen LogP contribution in [0.2, 0.25) is 0 Å². The summed E-state index contributed by atoms with van der Waals surface area (Å²) >= 11 is 0. The molecule has 0 amide bonds. The topological polar surface area (TPSA) is 43.8 Å². The molecule has 1 aliphatic heterocycles. The lowest BCUT2D eigenvalue weighted by Crippen LogP contribution is -2.47. The highest BCUT2D eigenvalue weighted by molar-refractivity contribution is 5.67. The summed E-state index contributed by atoms with van der Waals surface area (Å²) in [5.74, 6) is 0.398. The molecule has 104 valence electrons. The molecule has 2 aliphatic rings. The Hall–Kier alpha value is -0.610. The molecule has 2 rings (SSSR count). The van der Waals surface area contributed by atoms with Crippen molar-refractivity contribution in [1.29, 1.82) is 0 Å². The molecular formula is C14H26N2O2. The normalized spacial score (nSPS) is 25.4. The average molecular weight is 254 g/mol. The number of carboxylic acids is 1. The van der Waals surface area contributed by atoms with Crippen molar-refractivity contribution < 1.29 is 9.90 Å². The fraction of sp³-hybridized carbons (Fsp3) is 0.929. The molecule has 1 N–H and O–H groups in total. The van der Waals surface area contributed by atoms with Gasteiger partial charge in [0.2, 0.25) is 0 Å². The molecule has 1 saturated carbocycles. The minimum absolute atomic E-state index is 0.358. The molecule has 0 radical (unpaired) electrons. The van der Waals surface area contributed by atoms with E-state index in [1.54, 1.807) is 0 Å². The van der Waals surface area contributed by atoms with Gasteiger partial charge in [0.25, 0.3) is 0 Å². The Balaban J connectivity index is 1.85. The van der Waals surface area contributed by atoms with Gasteiger partial charge in [0.05, 0.1) is 0 Å². The van der Waals surface area contributed by atoms with Gasteiger partial charge in [0.15, 0.2) is 0 Å². The van der Waals surface area contributed by atoms with Crippen LogP contribution >= 0.6 is 0 Å². The minimum Gasteiger partial charge on any atom is -0.481 e. The van der Waals surface area contributed by atoms with Crippen LogP contribution in [0.25, 0.3) is 0 Å². The number of nitrogens with zero attached hydrogens (tertiary/aromatic N) is 2. The number of hydrogen-bond donors (Lipinski definition) is 1. The number of carboxylic acid groups (broad SMARTS) is 1. The third-order valence-corrected chi connectivity index (χ3v) is 4.59. The van der Waals surface area contributed by atoms with Gasteiger partial charge in [0, 0.05) is 39.1 Å². The van der Waals surface area contributed by atoms with Gasteiger partial charge in [-0.25, -0.2) is 0 Å². The second kappa shape index (κ2) is 6.53. The zero-order valence-electron chi connectivity index (χ0n) is 11.5. The number of hydrogen-bond acceptors (Lipinski definition) is 3. The molecule has 18 heavy (non-hydrogen) atoms. The highest BCUT2D eigenvalue weighted by Gasteiger charge is 2.29. The Morgan fingerprint density at radius 3 is 2.39 bits per heavy atom. The summed E-state index contributed by atoms with van der Waals surface area (Å²) in [7, 11) is 2.16. The molecule has 1 saturated heterocycles. The van der Waals surface area contributed by atoms with Gasteiger partial charge >= 0.3 is 5.97 Å². The molecular weight excluding hydrogens is 228 g/mol. The number of likely N-dealkylation sites (N-methyl/N-ethyl adjacent to an activating group) is 1. The Labute approximate surface area is 110 Å². The standard InChI is InChI=1S/C14H26N2O2/c1-15-6-8-16(9-7-15)11-13(10-14(17)18)12-4-2-3-5-12/h12-13H,2-11H2,1H3,(H,17,18). The molecule has 2 fully saturated rings. The quantitative estimate of drug-likeness (QED) is 0.808. The molecule has 1 unspecified atom stereocenters. The van der Waals surface area contributed by atoms with Crippen molar-refractivity contribution in [2.24, 2.45) is 11.8 Å². The average Bonchev–Trinajstić information content (AvgIpc) is 2.84. The summed E-state index contributed by atoms with van der Waals surface area (Å²) in [6.45, 7) is 5.42. The van der Waals surface area contributed by atoms with E-state index in [1.165, 1.54) is 25.7 Å². The summed E-state index contributed by atoms with van der Waals surface area (Å²) in [6, 6.07) is 0. The lowest BCUT2D eigenvalue weighted by atomic mass is 9.87. The fourth-order valence-corrected chi connectivity index (χ4v) is 3.40. The first-order valence-corrected chi connectivity index (χ1v) is 7.28. The van der Waals surface area contributed by atoms with Gasteiger partial charge < -0.3 is 14.9 Å². The summed E-state index contributed by atoms with van der Waals surface area (Å²) in [4.78, 5) is 15.8. The maximum absolute atomic E-state index is 11.0. The molecule has 0 spiro atoms. The number of piperazine rings is 1. The molecule has 1 heterocycles. The third kappa shape index (κ3) is 3.95. The van der Waals surface area contributed by atoms with Crippen LogP contribution in [-0.2, 0) is 4.79 Å². The van der Waals surface area contributed by atoms with Gasteiger partial charge in [-0.15, -0.1) is 0 Å². The second-order valence-corrected chi connectivity index (χ2v) is 6.01. The Bertz CT molecular complexity index is 269. The van der Waals surface area contributed by atoms with Crippen LogP contribution in [0.3, 0.4) is 0 Å². The third-order valence-electron chi connectivity index (χ3n) is 4.59. The van der Waals surface area contributed by atoms with Crippen molar-refractivity contribution in [3.05, 3.63) is 0 Å². The van der Waals surface area contributed by atoms with Crippen molar-refractivity contribution in [2.45, 2.75) is 32.1 Å². The predicted molar refractivity (Wildman–Crippen MR) is 71.6 cm³/mol. The summed E-state index contributed by atoms with van der Waals surface area (Å²) in [5.41, 5.74) is 0. The second-order valence-electron chi connectivity index (χ2n) is 6.01. The van der Waals surface area contributed by atoms with E-state index in [1.807, 2.05) is 0 Å². The molecule has 1 aliphatic carbocycles. The summed E-state index contributed by atoms with van der Waals surface area (Å²) in [5, 5.41) is 9.09. The minimum atomic E-state index is -0.624. The van der Waals surface area contributed by atoms with Crippen molar-refractivity contribution in [3.63, 3.8) is 0 Å². The SMILES string of the molecule is CN1CCN(CC(CC(=O)O)C2CCCC2)CC1. The van der Waals surface area contributed by atoms with E-state index in [0.717, 1.165) is 32.7 Å². The summed E-state index contributed by atoms with van der Waals surface area (Å²) in [6.07, 6.45) is 5.43. The molecule has 4 heteroatoms. The van der Waals surface area contributed by atoms with Gasteiger partial charge in [-0.05, 0) is 18.9 Å². The van der Waals surface area contributed by atoms with Gasteiger partial charge in [-0.3, -0.25) is 4.79 Å². The van der Waals surface area contributed by atoms with E-state index < -0.39 is 5.97 Å². The fourth-order valence-electron chi connectivity index (χ4n) is 3.40. The Morgan fingerprint density at radius 1 is 1.22 bits per heavy atom. The first kappa shape index (κ1) is 13.8. The van der Waals surface area contributed by atoms with E-state index in [2.05, 4.69) is 16.8 Å².